The molecule has 1 aliphatic carbocycles. The molecule has 0 bridgehead atoms. The van der Waals surface area contributed by atoms with Crippen LogP contribution in [0.5, 0.6) is 0 Å². The van der Waals surface area contributed by atoms with Crippen molar-refractivity contribution in [2.24, 2.45) is 0 Å². The van der Waals surface area contributed by atoms with Gasteiger partial charge < -0.3 is 25.6 Å². The molecule has 3 aromatic rings. The largest absolute Gasteiger partial charge is 0.393 e. The first kappa shape index (κ1) is 22.0. The van der Waals surface area contributed by atoms with Crippen LogP contribution in [0.15, 0.2) is 29.0 Å². The minimum atomic E-state index is -0.256. The van der Waals surface area contributed by atoms with E-state index in [0.717, 1.165) is 30.2 Å². The third-order valence-corrected chi connectivity index (χ3v) is 5.83. The van der Waals surface area contributed by atoms with E-state index < -0.39 is 0 Å². The molecule has 2 heterocycles. The molecule has 4 rings (SSSR count). The maximum Gasteiger partial charge on any atom is 0.239 e. The highest BCUT2D eigenvalue weighted by molar-refractivity contribution is 9.10. The Bertz CT molecular complexity index is 1180. The van der Waals surface area contributed by atoms with Gasteiger partial charge in [0.2, 0.25) is 11.9 Å². The number of anilines is 3. The monoisotopic (exact) mass is 498 g/mol. The Labute approximate surface area is 193 Å². The van der Waals surface area contributed by atoms with Crippen LogP contribution < -0.4 is 16.0 Å². The number of rotatable bonds is 6. The number of aliphatic hydroxyl groups excluding tert-OH is 1. The fourth-order valence-corrected chi connectivity index (χ4v) is 4.20. The lowest BCUT2D eigenvalue weighted by atomic mass is 9.93. The van der Waals surface area contributed by atoms with Crippen LogP contribution >= 0.6 is 15.9 Å². The number of aliphatic hydroxyl groups is 1. The molecule has 2 aromatic heterocycles. The second-order valence-electron chi connectivity index (χ2n) is 7.73. The van der Waals surface area contributed by atoms with Gasteiger partial charge in [0.15, 0.2) is 17.0 Å². The Balaban J connectivity index is 1.72. The third-order valence-electron chi connectivity index (χ3n) is 5.38. The van der Waals surface area contributed by atoms with Crippen LogP contribution in [0, 0.1) is 11.3 Å². The van der Waals surface area contributed by atoms with E-state index >= 15 is 0 Å². The Morgan fingerprint density at radius 3 is 2.78 bits per heavy atom. The van der Waals surface area contributed by atoms with Crippen molar-refractivity contribution in [2.75, 3.05) is 17.7 Å². The van der Waals surface area contributed by atoms with Gasteiger partial charge in [-0.3, -0.25) is 4.79 Å². The van der Waals surface area contributed by atoms with E-state index in [0.29, 0.717) is 34.2 Å². The van der Waals surface area contributed by atoms with Crippen LogP contribution in [0.1, 0.15) is 31.2 Å². The molecule has 0 radical (unpaired) electrons. The molecule has 32 heavy (non-hydrogen) atoms. The number of nitriles is 1. The number of carbonyl (C=O) groups excluding carboxylic acids is 1. The molecule has 10 nitrogen and oxygen atoms in total. The number of hydrogen-bond acceptors (Lipinski definition) is 8. The number of amides is 1. The summed E-state index contributed by atoms with van der Waals surface area (Å²) in [5.74, 6) is 0.709. The summed E-state index contributed by atoms with van der Waals surface area (Å²) in [7, 11) is 1.58. The fourth-order valence-electron chi connectivity index (χ4n) is 3.71. The standard InChI is InChI=1S/C21H23BrN8O2/c1-24-17(32)10-30-11-25-18-19(26-15-7-12(9-23)6-13(22)8-15)28-21(29-20(18)30)27-14-2-4-16(31)5-3-14/h6-8,11,14,16,31H,2-5,10H2,1H3,(H,24,32)(H2,26,27,28,29). The molecule has 1 amide bonds. The summed E-state index contributed by atoms with van der Waals surface area (Å²) in [6.07, 6.45) is 4.40. The average Bonchev–Trinajstić information content (AvgIpc) is 3.17. The molecule has 0 saturated heterocycles. The van der Waals surface area contributed by atoms with E-state index in [4.69, 9.17) is 0 Å². The summed E-state index contributed by atoms with van der Waals surface area (Å²) in [4.78, 5) is 25.6. The van der Waals surface area contributed by atoms with Gasteiger partial charge in [0.1, 0.15) is 6.54 Å². The normalized spacial score (nSPS) is 18.2. The predicted octanol–water partition coefficient (Wildman–Crippen LogP) is 2.67. The molecule has 1 aromatic carbocycles. The topological polar surface area (TPSA) is 141 Å². The fraction of sp³-hybridized carbons (Fsp3) is 0.381. The number of benzene rings is 1. The van der Waals surface area contributed by atoms with Gasteiger partial charge in [-0.15, -0.1) is 0 Å². The van der Waals surface area contributed by atoms with Crippen molar-refractivity contribution in [2.45, 2.75) is 44.4 Å². The van der Waals surface area contributed by atoms with E-state index in [1.807, 2.05) is 6.07 Å². The first-order chi connectivity index (χ1) is 15.4. The highest BCUT2D eigenvalue weighted by atomic mass is 79.9. The molecule has 0 spiro atoms. The quantitative estimate of drug-likeness (QED) is 0.406. The predicted molar refractivity (Wildman–Crippen MR) is 123 cm³/mol. The minimum absolute atomic E-state index is 0.0774. The van der Waals surface area contributed by atoms with E-state index in [1.54, 1.807) is 30.1 Å². The van der Waals surface area contributed by atoms with Crippen LogP contribution in [0.4, 0.5) is 17.5 Å². The lowest BCUT2D eigenvalue weighted by Crippen LogP contribution is -2.29. The zero-order valence-electron chi connectivity index (χ0n) is 17.5. The summed E-state index contributed by atoms with van der Waals surface area (Å²) >= 11 is 3.42. The lowest BCUT2D eigenvalue weighted by Gasteiger charge is -2.26. The SMILES string of the molecule is CNC(=O)Cn1cnc2c(Nc3cc(Br)cc(C#N)c3)nc(NC3CCC(O)CC3)nc21. The molecule has 0 atom stereocenters. The average molecular weight is 499 g/mol. The van der Waals surface area contributed by atoms with Gasteiger partial charge in [-0.25, -0.2) is 4.98 Å². The van der Waals surface area contributed by atoms with Crippen molar-refractivity contribution in [1.29, 1.82) is 5.26 Å². The summed E-state index contributed by atoms with van der Waals surface area (Å²) < 4.78 is 2.42. The number of hydrogen-bond donors (Lipinski definition) is 4. The van der Waals surface area contributed by atoms with E-state index in [2.05, 4.69) is 52.9 Å². The molecule has 1 saturated carbocycles. The first-order valence-electron chi connectivity index (χ1n) is 10.3. The van der Waals surface area contributed by atoms with Crippen molar-refractivity contribution in [1.82, 2.24) is 24.8 Å². The maximum atomic E-state index is 11.9. The van der Waals surface area contributed by atoms with Gasteiger partial charge in [-0.2, -0.15) is 15.2 Å². The van der Waals surface area contributed by atoms with Crippen molar-refractivity contribution < 1.29 is 9.90 Å². The van der Waals surface area contributed by atoms with Gasteiger partial charge in [-0.1, -0.05) is 15.9 Å². The van der Waals surface area contributed by atoms with Gasteiger partial charge in [0.05, 0.1) is 24.1 Å². The molecule has 166 valence electrons. The zero-order valence-corrected chi connectivity index (χ0v) is 19.1. The number of aromatic nitrogens is 4. The van der Waals surface area contributed by atoms with E-state index in [-0.39, 0.29) is 24.6 Å². The Hall–Kier alpha value is -3.23. The first-order valence-corrected chi connectivity index (χ1v) is 11.1. The number of halogens is 1. The third kappa shape index (κ3) is 4.98. The van der Waals surface area contributed by atoms with Crippen molar-refractivity contribution in [3.05, 3.63) is 34.6 Å². The summed E-state index contributed by atoms with van der Waals surface area (Å²) in [6.45, 7) is 0.0774. The van der Waals surface area contributed by atoms with Crippen molar-refractivity contribution in [3.8, 4) is 6.07 Å². The number of nitrogens with one attached hydrogen (secondary N) is 3. The van der Waals surface area contributed by atoms with E-state index in [1.165, 1.54) is 0 Å². The molecule has 0 aliphatic heterocycles. The van der Waals surface area contributed by atoms with E-state index in [9.17, 15) is 15.2 Å². The molecular formula is C21H23BrN8O2. The molecular weight excluding hydrogens is 476 g/mol. The molecule has 4 N–H and O–H groups in total. The van der Waals surface area contributed by atoms with Crippen LogP contribution in [0.2, 0.25) is 0 Å². The summed E-state index contributed by atoms with van der Waals surface area (Å²) in [5, 5.41) is 28.3. The number of imidazole rings is 1. The van der Waals surface area contributed by atoms with Crippen LogP contribution in [-0.4, -0.2) is 49.7 Å². The number of likely N-dealkylation sites (N-methyl/N-ethyl adjacent to an activating group) is 1. The Kier molecular flexibility index (Phi) is 6.53. The highest BCUT2D eigenvalue weighted by Crippen LogP contribution is 2.28. The molecule has 1 fully saturated rings. The van der Waals surface area contributed by atoms with Gasteiger partial charge in [0, 0.05) is 23.2 Å². The number of carbonyl (C=O) groups is 1. The smallest absolute Gasteiger partial charge is 0.239 e. The van der Waals surface area contributed by atoms with Crippen LogP contribution in [0.25, 0.3) is 11.2 Å². The summed E-state index contributed by atoms with van der Waals surface area (Å²) in [5.41, 5.74) is 2.19. The summed E-state index contributed by atoms with van der Waals surface area (Å²) in [6, 6.07) is 7.56. The molecule has 0 unspecified atom stereocenters. The van der Waals surface area contributed by atoms with Crippen molar-refractivity contribution >= 4 is 50.5 Å². The van der Waals surface area contributed by atoms with Gasteiger partial charge >= 0.3 is 0 Å². The number of fused-ring (bicyclic) bond motifs is 1. The molecule has 1 aliphatic rings. The van der Waals surface area contributed by atoms with Gasteiger partial charge in [-0.05, 0) is 43.9 Å². The Morgan fingerprint density at radius 1 is 1.28 bits per heavy atom. The second-order valence-corrected chi connectivity index (χ2v) is 8.64. The number of nitrogens with zero attached hydrogens (tertiary/aromatic N) is 5. The lowest BCUT2D eigenvalue weighted by molar-refractivity contribution is -0.121. The molecule has 11 heteroatoms. The second kappa shape index (κ2) is 9.50. The van der Waals surface area contributed by atoms with Crippen molar-refractivity contribution in [3.63, 3.8) is 0 Å². The van der Waals surface area contributed by atoms with Crippen LogP contribution in [0.3, 0.4) is 0 Å². The Morgan fingerprint density at radius 2 is 2.06 bits per heavy atom. The van der Waals surface area contributed by atoms with Crippen LogP contribution in [-0.2, 0) is 11.3 Å². The minimum Gasteiger partial charge on any atom is -0.393 e. The zero-order chi connectivity index (χ0) is 22.7. The highest BCUT2D eigenvalue weighted by Gasteiger charge is 2.22. The maximum absolute atomic E-state index is 11.9. The van der Waals surface area contributed by atoms with Gasteiger partial charge in [0.25, 0.3) is 0 Å².